The van der Waals surface area contributed by atoms with Gasteiger partial charge in [-0.2, -0.15) is 26.3 Å². The normalized spacial score (nSPS) is 23.6. The van der Waals surface area contributed by atoms with E-state index in [-0.39, 0.29) is 31.6 Å². The summed E-state index contributed by atoms with van der Waals surface area (Å²) < 4.78 is 144. The lowest BCUT2D eigenvalue weighted by Crippen LogP contribution is -2.56. The largest absolute Gasteiger partial charge is 0.430 e. The van der Waals surface area contributed by atoms with Crippen molar-refractivity contribution in [1.82, 2.24) is 4.90 Å². The maximum Gasteiger partial charge on any atom is 0.430 e. The van der Waals surface area contributed by atoms with Crippen molar-refractivity contribution in [2.75, 3.05) is 26.3 Å². The molecule has 1 saturated heterocycles. The number of aliphatic hydroxyl groups excluding tert-OH is 1. The van der Waals surface area contributed by atoms with Crippen LogP contribution in [-0.2, 0) is 29.7 Å². The highest BCUT2D eigenvalue weighted by Gasteiger charge is 2.74. The molecule has 2 aromatic rings. The summed E-state index contributed by atoms with van der Waals surface area (Å²) in [5.74, 6) is -3.66. The highest BCUT2D eigenvalue weighted by atomic mass is 32.2. The van der Waals surface area contributed by atoms with E-state index in [2.05, 4.69) is 4.74 Å². The Kier molecular flexibility index (Phi) is 9.45. The zero-order chi connectivity index (χ0) is 32.7. The first-order chi connectivity index (χ1) is 20.4. The molecule has 0 aromatic heterocycles. The fraction of sp³-hybridized carbons (Fsp3) is 0.552. The number of benzene rings is 2. The number of likely N-dealkylation sites (tertiary alicyclic amines) is 1. The minimum absolute atomic E-state index is 0.0225. The van der Waals surface area contributed by atoms with Crippen molar-refractivity contribution in [3.8, 4) is 0 Å². The zero-order valence-electron chi connectivity index (χ0n) is 23.5. The summed E-state index contributed by atoms with van der Waals surface area (Å²) in [4.78, 5) is 14.3. The quantitative estimate of drug-likeness (QED) is 0.277. The summed E-state index contributed by atoms with van der Waals surface area (Å²) >= 11 is 0. The van der Waals surface area contributed by atoms with Gasteiger partial charge in [-0.05, 0) is 80.8 Å². The van der Waals surface area contributed by atoms with Gasteiger partial charge in [-0.15, -0.1) is 0 Å². The predicted octanol–water partition coefficient (Wildman–Crippen LogP) is 6.02. The number of hydrogen-bond donors (Lipinski definition) is 1. The SMILES string of the molecule is CCOC(c1ccc([C@]2(S(=O)(=O)c3ccc(F)cc3)CCN(C(=O)[C@H]3CC[C@H](CO)CC3)C2)cc1F)(C(F)(F)F)C(F)(F)F. The first kappa shape index (κ1) is 34.1. The van der Waals surface area contributed by atoms with Crippen LogP contribution >= 0.6 is 0 Å². The van der Waals surface area contributed by atoms with E-state index in [0.29, 0.717) is 37.8 Å². The van der Waals surface area contributed by atoms with Gasteiger partial charge in [0.1, 0.15) is 16.4 Å². The van der Waals surface area contributed by atoms with Crippen LogP contribution in [-0.4, -0.2) is 63.0 Å². The first-order valence-electron chi connectivity index (χ1n) is 13.9. The Balaban J connectivity index is 1.83. The number of carbonyl (C=O) groups excluding carboxylic acids is 1. The van der Waals surface area contributed by atoms with Crippen molar-refractivity contribution in [3.05, 3.63) is 65.2 Å². The summed E-state index contributed by atoms with van der Waals surface area (Å²) in [6.07, 6.45) is -10.7. The maximum absolute atomic E-state index is 15.6. The Hall–Kier alpha value is -2.78. The van der Waals surface area contributed by atoms with Crippen LogP contribution in [0.1, 0.15) is 50.2 Å². The van der Waals surface area contributed by atoms with Gasteiger partial charge in [-0.3, -0.25) is 4.79 Å². The van der Waals surface area contributed by atoms with E-state index >= 15 is 4.39 Å². The first-order valence-corrected chi connectivity index (χ1v) is 15.4. The molecule has 15 heteroatoms. The summed E-state index contributed by atoms with van der Waals surface area (Å²) in [5.41, 5.74) is -7.41. The van der Waals surface area contributed by atoms with Gasteiger partial charge >= 0.3 is 12.4 Å². The second-order valence-electron chi connectivity index (χ2n) is 11.2. The highest BCUT2D eigenvalue weighted by Crippen LogP contribution is 2.54. The van der Waals surface area contributed by atoms with E-state index in [9.17, 15) is 49.1 Å². The van der Waals surface area contributed by atoms with Gasteiger partial charge < -0.3 is 14.7 Å². The van der Waals surface area contributed by atoms with Gasteiger partial charge in [-0.25, -0.2) is 17.2 Å². The van der Waals surface area contributed by atoms with Crippen molar-refractivity contribution < 1.29 is 58.2 Å². The average Bonchev–Trinajstić information content (AvgIpc) is 3.42. The molecule has 0 radical (unpaired) electrons. The third kappa shape index (κ3) is 5.70. The molecular formula is C29H31F8NO5S. The zero-order valence-corrected chi connectivity index (χ0v) is 24.3. The summed E-state index contributed by atoms with van der Waals surface area (Å²) in [7, 11) is -4.65. The second-order valence-corrected chi connectivity index (χ2v) is 13.4. The number of carbonyl (C=O) groups is 1. The van der Waals surface area contributed by atoms with E-state index in [0.717, 1.165) is 31.2 Å². The topological polar surface area (TPSA) is 83.9 Å². The molecule has 0 bridgehead atoms. The van der Waals surface area contributed by atoms with Crippen molar-refractivity contribution in [3.63, 3.8) is 0 Å². The van der Waals surface area contributed by atoms with E-state index in [4.69, 9.17) is 0 Å². The number of alkyl halides is 6. The highest BCUT2D eigenvalue weighted by molar-refractivity contribution is 7.92. The van der Waals surface area contributed by atoms with Crippen molar-refractivity contribution in [2.45, 2.75) is 66.6 Å². The van der Waals surface area contributed by atoms with Crippen LogP contribution in [0.25, 0.3) is 0 Å². The van der Waals surface area contributed by atoms with Crippen LogP contribution in [0.15, 0.2) is 47.4 Å². The number of aliphatic hydroxyl groups is 1. The minimum Gasteiger partial charge on any atom is -0.396 e. The molecule has 0 spiro atoms. The molecule has 2 fully saturated rings. The fourth-order valence-electron chi connectivity index (χ4n) is 6.28. The van der Waals surface area contributed by atoms with Crippen LogP contribution < -0.4 is 0 Å². The molecule has 1 aliphatic heterocycles. The molecule has 1 saturated carbocycles. The molecule has 1 amide bonds. The van der Waals surface area contributed by atoms with Crippen LogP contribution in [0.5, 0.6) is 0 Å². The predicted molar refractivity (Wildman–Crippen MR) is 141 cm³/mol. The van der Waals surface area contributed by atoms with Gasteiger partial charge in [0.25, 0.3) is 5.60 Å². The van der Waals surface area contributed by atoms with E-state index in [1.165, 1.54) is 4.90 Å². The number of halogens is 8. The molecule has 4 rings (SSSR count). The molecule has 44 heavy (non-hydrogen) atoms. The van der Waals surface area contributed by atoms with Crippen LogP contribution in [0, 0.1) is 23.5 Å². The van der Waals surface area contributed by atoms with Crippen molar-refractivity contribution >= 4 is 15.7 Å². The van der Waals surface area contributed by atoms with Crippen molar-refractivity contribution in [1.29, 1.82) is 0 Å². The Morgan fingerprint density at radius 3 is 2.07 bits per heavy atom. The lowest BCUT2D eigenvalue weighted by Gasteiger charge is -2.38. The average molecular weight is 658 g/mol. The number of ether oxygens (including phenoxy) is 1. The lowest BCUT2D eigenvalue weighted by atomic mass is 9.82. The smallest absolute Gasteiger partial charge is 0.396 e. The summed E-state index contributed by atoms with van der Waals surface area (Å²) in [6, 6.07) is 4.77. The molecule has 6 nitrogen and oxygen atoms in total. The molecule has 0 unspecified atom stereocenters. The number of amides is 1. The Bertz CT molecular complexity index is 1440. The molecule has 2 aromatic carbocycles. The minimum atomic E-state index is -6.15. The molecule has 244 valence electrons. The molecular weight excluding hydrogens is 626 g/mol. The van der Waals surface area contributed by atoms with Gasteiger partial charge in [0.05, 0.1) is 4.90 Å². The summed E-state index contributed by atoms with van der Waals surface area (Å²) in [5, 5.41) is 9.40. The standard InChI is InChI=1S/C29H31F8NO5S/c1-2-43-27(28(32,33)34,29(35,36)37)23-12-7-20(15-24(23)31)26(44(41,42)22-10-8-21(30)9-11-22)13-14-38(17-26)25(40)19-5-3-18(16-39)4-6-19/h7-12,15,18-19,39H,2-6,13-14,16-17H2,1H3/t18-,19-,26-/m0/s1. The van der Waals surface area contributed by atoms with E-state index in [1.807, 2.05) is 0 Å². The summed E-state index contributed by atoms with van der Waals surface area (Å²) in [6.45, 7) is -0.974. The molecule has 1 N–H and O–H groups in total. The van der Waals surface area contributed by atoms with Crippen LogP contribution in [0.4, 0.5) is 35.1 Å². The van der Waals surface area contributed by atoms with Gasteiger partial charge in [0.15, 0.2) is 9.84 Å². The third-order valence-electron chi connectivity index (χ3n) is 8.67. The molecule has 1 atom stereocenters. The number of sulfone groups is 1. The molecule has 2 aliphatic rings. The Morgan fingerprint density at radius 2 is 1.57 bits per heavy atom. The molecule has 1 aliphatic carbocycles. The van der Waals surface area contributed by atoms with Crippen LogP contribution in [0.3, 0.4) is 0 Å². The Morgan fingerprint density at radius 1 is 0.977 bits per heavy atom. The second kappa shape index (κ2) is 12.2. The molecule has 1 heterocycles. The number of nitrogens with zero attached hydrogens (tertiary/aromatic N) is 1. The van der Waals surface area contributed by atoms with E-state index < -0.39 is 85.2 Å². The maximum atomic E-state index is 15.6. The van der Waals surface area contributed by atoms with E-state index in [1.54, 1.807) is 0 Å². The Labute approximate surface area is 248 Å². The van der Waals surface area contributed by atoms with Crippen LogP contribution in [0.2, 0.25) is 0 Å². The van der Waals surface area contributed by atoms with Gasteiger partial charge in [0.2, 0.25) is 5.91 Å². The van der Waals surface area contributed by atoms with Gasteiger partial charge in [-0.1, -0.05) is 12.1 Å². The number of rotatable bonds is 8. The lowest BCUT2D eigenvalue weighted by molar-refractivity contribution is -0.389. The number of hydrogen-bond acceptors (Lipinski definition) is 5. The monoisotopic (exact) mass is 657 g/mol. The van der Waals surface area contributed by atoms with Crippen molar-refractivity contribution in [2.24, 2.45) is 11.8 Å². The fourth-order valence-corrected chi connectivity index (χ4v) is 8.35. The van der Waals surface area contributed by atoms with Gasteiger partial charge in [0, 0.05) is 37.8 Å². The third-order valence-corrected chi connectivity index (χ3v) is 11.2.